The Balaban J connectivity index is 1.60. The maximum atomic E-state index is 12.4. The molecule has 0 aromatic heterocycles. The van der Waals surface area contributed by atoms with Crippen molar-refractivity contribution in [2.45, 2.75) is 12.8 Å². The van der Waals surface area contributed by atoms with Crippen LogP contribution >= 0.6 is 0 Å². The Morgan fingerprint density at radius 1 is 1.20 bits per heavy atom. The molecule has 0 amide bonds. The minimum atomic E-state index is -0.203. The second kappa shape index (κ2) is 6.16. The van der Waals surface area contributed by atoms with Gasteiger partial charge in [-0.3, -0.25) is 4.79 Å². The van der Waals surface area contributed by atoms with Gasteiger partial charge in [0.05, 0.1) is 19.3 Å². The molecule has 0 saturated heterocycles. The highest BCUT2D eigenvalue weighted by Gasteiger charge is 2.27. The highest BCUT2D eigenvalue weighted by Crippen LogP contribution is 2.36. The van der Waals surface area contributed by atoms with Gasteiger partial charge in [-0.15, -0.1) is 0 Å². The lowest BCUT2D eigenvalue weighted by Gasteiger charge is -2.11. The molecule has 1 saturated carbocycles. The van der Waals surface area contributed by atoms with E-state index in [-0.39, 0.29) is 17.3 Å². The van der Waals surface area contributed by atoms with Crippen molar-refractivity contribution in [3.8, 4) is 23.0 Å². The number of hydrogen-bond acceptors (Lipinski definition) is 5. The molecule has 4 rings (SSSR count). The second-order valence-electron chi connectivity index (χ2n) is 6.28. The summed E-state index contributed by atoms with van der Waals surface area (Å²) < 4.78 is 16.8. The Morgan fingerprint density at radius 2 is 2.04 bits per heavy atom. The minimum absolute atomic E-state index is 0.0630. The third-order valence-corrected chi connectivity index (χ3v) is 4.31. The molecular weight excluding hydrogens is 320 g/mol. The third-order valence-electron chi connectivity index (χ3n) is 4.31. The molecule has 128 valence electrons. The quantitative estimate of drug-likeness (QED) is 0.840. The van der Waals surface area contributed by atoms with Gasteiger partial charge >= 0.3 is 0 Å². The molecule has 5 heteroatoms. The molecule has 0 bridgehead atoms. The molecule has 1 aliphatic carbocycles. The van der Waals surface area contributed by atoms with E-state index >= 15 is 0 Å². The number of rotatable bonds is 5. The van der Waals surface area contributed by atoms with Crippen LogP contribution in [0.4, 0.5) is 0 Å². The first-order valence-corrected chi connectivity index (χ1v) is 8.22. The lowest BCUT2D eigenvalue weighted by molar-refractivity contribution is 0.101. The van der Waals surface area contributed by atoms with Gasteiger partial charge in [0.1, 0.15) is 11.5 Å². The van der Waals surface area contributed by atoms with Crippen LogP contribution in [0.2, 0.25) is 0 Å². The first-order chi connectivity index (χ1) is 12.1. The van der Waals surface area contributed by atoms with Crippen LogP contribution in [0.5, 0.6) is 23.0 Å². The Bertz CT molecular complexity index is 864. The van der Waals surface area contributed by atoms with E-state index in [9.17, 15) is 9.90 Å². The van der Waals surface area contributed by atoms with Crippen molar-refractivity contribution >= 4 is 11.9 Å². The molecule has 1 fully saturated rings. The Morgan fingerprint density at radius 3 is 2.80 bits per heavy atom. The largest absolute Gasteiger partial charge is 0.508 e. The van der Waals surface area contributed by atoms with Crippen LogP contribution in [0.3, 0.4) is 0 Å². The number of carbonyl (C=O) groups excluding carboxylic acids is 1. The van der Waals surface area contributed by atoms with Gasteiger partial charge < -0.3 is 19.3 Å². The second-order valence-corrected chi connectivity index (χ2v) is 6.28. The Hall–Kier alpha value is -2.95. The summed E-state index contributed by atoms with van der Waals surface area (Å²) in [6.07, 6.45) is 4.09. The molecule has 2 aromatic carbocycles. The highest BCUT2D eigenvalue weighted by atomic mass is 16.5. The smallest absolute Gasteiger partial charge is 0.231 e. The zero-order chi connectivity index (χ0) is 17.4. The Labute approximate surface area is 145 Å². The summed E-state index contributed by atoms with van der Waals surface area (Å²) >= 11 is 0. The van der Waals surface area contributed by atoms with Crippen LogP contribution in [0.15, 0.2) is 42.2 Å². The fraction of sp³-hybridized carbons (Fsp3) is 0.250. The maximum Gasteiger partial charge on any atom is 0.231 e. The summed E-state index contributed by atoms with van der Waals surface area (Å²) in [5, 5.41) is 9.52. The average molecular weight is 338 g/mol. The van der Waals surface area contributed by atoms with Crippen molar-refractivity contribution in [3.05, 3.63) is 53.3 Å². The van der Waals surface area contributed by atoms with Gasteiger partial charge in [0, 0.05) is 6.07 Å². The van der Waals surface area contributed by atoms with Gasteiger partial charge in [-0.2, -0.15) is 0 Å². The van der Waals surface area contributed by atoms with Crippen molar-refractivity contribution in [1.29, 1.82) is 0 Å². The fourth-order valence-electron chi connectivity index (χ4n) is 2.71. The highest BCUT2D eigenvalue weighted by molar-refractivity contribution is 6.14. The molecule has 2 aliphatic rings. The molecule has 0 spiro atoms. The number of ketones is 1. The summed E-state index contributed by atoms with van der Waals surface area (Å²) in [5.41, 5.74) is 1.23. The summed E-state index contributed by atoms with van der Waals surface area (Å²) in [5.74, 6) is 2.40. The van der Waals surface area contributed by atoms with Gasteiger partial charge in [-0.05, 0) is 54.7 Å². The summed E-state index contributed by atoms with van der Waals surface area (Å²) in [6, 6.07) is 9.96. The van der Waals surface area contributed by atoms with Crippen molar-refractivity contribution in [3.63, 3.8) is 0 Å². The topological polar surface area (TPSA) is 65.0 Å². The van der Waals surface area contributed by atoms with Crippen LogP contribution in [-0.4, -0.2) is 24.6 Å². The minimum Gasteiger partial charge on any atom is -0.508 e. The molecule has 0 unspecified atom stereocenters. The van der Waals surface area contributed by atoms with E-state index in [0.29, 0.717) is 35.3 Å². The van der Waals surface area contributed by atoms with Crippen molar-refractivity contribution in [2.24, 2.45) is 5.92 Å². The SMILES string of the molecule is COc1ccc(/C=C2\Oc3cc(O)ccc3C2=O)cc1OCC1CC1. The predicted molar refractivity (Wildman–Crippen MR) is 92.3 cm³/mol. The van der Waals surface area contributed by atoms with E-state index < -0.39 is 0 Å². The molecule has 0 atom stereocenters. The Kier molecular flexibility index (Phi) is 3.84. The van der Waals surface area contributed by atoms with E-state index in [0.717, 1.165) is 5.56 Å². The number of carbonyl (C=O) groups is 1. The monoisotopic (exact) mass is 338 g/mol. The zero-order valence-electron chi connectivity index (χ0n) is 13.8. The van der Waals surface area contributed by atoms with Gasteiger partial charge in [0.25, 0.3) is 0 Å². The van der Waals surface area contributed by atoms with E-state index in [1.807, 2.05) is 18.2 Å². The van der Waals surface area contributed by atoms with E-state index in [1.165, 1.54) is 25.0 Å². The molecule has 2 aromatic rings. The molecule has 0 radical (unpaired) electrons. The molecule has 1 N–H and O–H groups in total. The first-order valence-electron chi connectivity index (χ1n) is 8.22. The average Bonchev–Trinajstić information content (AvgIpc) is 3.39. The van der Waals surface area contributed by atoms with E-state index in [4.69, 9.17) is 14.2 Å². The number of allylic oxidation sites excluding steroid dienone is 1. The van der Waals surface area contributed by atoms with E-state index in [2.05, 4.69) is 0 Å². The van der Waals surface area contributed by atoms with Crippen molar-refractivity contribution in [2.75, 3.05) is 13.7 Å². The number of hydrogen-bond donors (Lipinski definition) is 1. The normalized spacial score (nSPS) is 17.3. The van der Waals surface area contributed by atoms with Gasteiger partial charge in [0.15, 0.2) is 17.3 Å². The number of ether oxygens (including phenoxy) is 3. The molecule has 1 aliphatic heterocycles. The van der Waals surface area contributed by atoms with Gasteiger partial charge in [0.2, 0.25) is 5.78 Å². The fourth-order valence-corrected chi connectivity index (χ4v) is 2.71. The lowest BCUT2D eigenvalue weighted by atomic mass is 10.1. The van der Waals surface area contributed by atoms with Crippen LogP contribution in [0, 0.1) is 5.92 Å². The van der Waals surface area contributed by atoms with Crippen LogP contribution in [-0.2, 0) is 0 Å². The number of Topliss-reactive ketones (excluding diaryl/α,β-unsaturated/α-hetero) is 1. The summed E-state index contributed by atoms with van der Waals surface area (Å²) in [4.78, 5) is 12.4. The maximum absolute atomic E-state index is 12.4. The number of benzene rings is 2. The van der Waals surface area contributed by atoms with Crippen LogP contribution in [0.1, 0.15) is 28.8 Å². The van der Waals surface area contributed by atoms with Crippen molar-refractivity contribution in [1.82, 2.24) is 0 Å². The van der Waals surface area contributed by atoms with E-state index in [1.54, 1.807) is 19.3 Å². The molecule has 1 heterocycles. The summed E-state index contributed by atoms with van der Waals surface area (Å²) in [7, 11) is 1.60. The predicted octanol–water partition coefficient (Wildman–Crippen LogP) is 3.81. The standard InChI is InChI=1S/C20H18O5/c1-23-16-7-4-13(8-18(16)24-11-12-2-3-12)9-19-20(22)15-6-5-14(21)10-17(15)25-19/h4-10,12,21H,2-3,11H2,1H3/b19-9-. The summed E-state index contributed by atoms with van der Waals surface area (Å²) in [6.45, 7) is 0.677. The number of methoxy groups -OCH3 is 1. The first kappa shape index (κ1) is 15.6. The molecule has 25 heavy (non-hydrogen) atoms. The number of phenolic OH excluding ortho intramolecular Hbond substituents is 1. The zero-order valence-corrected chi connectivity index (χ0v) is 13.8. The van der Waals surface area contributed by atoms with Gasteiger partial charge in [-0.25, -0.2) is 0 Å². The molecular formula is C20H18O5. The lowest BCUT2D eigenvalue weighted by Crippen LogP contribution is -2.01. The third kappa shape index (κ3) is 3.18. The van der Waals surface area contributed by atoms with Crippen molar-refractivity contribution < 1.29 is 24.1 Å². The van der Waals surface area contributed by atoms with Crippen LogP contribution in [0.25, 0.3) is 6.08 Å². The molecule has 5 nitrogen and oxygen atoms in total. The number of phenols is 1. The number of fused-ring (bicyclic) bond motifs is 1. The number of aromatic hydroxyl groups is 1. The van der Waals surface area contributed by atoms with Gasteiger partial charge in [-0.1, -0.05) is 6.07 Å². The van der Waals surface area contributed by atoms with Crippen LogP contribution < -0.4 is 14.2 Å².